The van der Waals surface area contributed by atoms with Crippen LogP contribution in [0.1, 0.15) is 16.9 Å². The van der Waals surface area contributed by atoms with E-state index in [4.69, 9.17) is 10.2 Å². The van der Waals surface area contributed by atoms with E-state index in [0.29, 0.717) is 6.54 Å². The molecule has 0 unspecified atom stereocenters. The molecule has 1 heterocycles. The maximum atomic E-state index is 5.38. The highest BCUT2D eigenvalue weighted by Crippen LogP contribution is 2.10. The molecule has 3 heteroatoms. The molecule has 0 aliphatic carbocycles. The second-order valence-electron chi connectivity index (χ2n) is 4.46. The predicted octanol–water partition coefficient (Wildman–Crippen LogP) is 2.22. The molecule has 0 atom stereocenters. The standard InChI is InChI=1S/C16H18N2O/c1-18(13-16-8-4-10-19-16)12-15-6-2-5-14(11-15)7-3-9-17/h2,4-6,8,10-11H,9,12-13,17H2,1H3. The van der Waals surface area contributed by atoms with Crippen molar-refractivity contribution in [2.45, 2.75) is 13.1 Å². The predicted molar refractivity (Wildman–Crippen MR) is 76.3 cm³/mol. The molecule has 2 N–H and O–H groups in total. The van der Waals surface area contributed by atoms with Gasteiger partial charge in [-0.3, -0.25) is 4.90 Å². The summed E-state index contributed by atoms with van der Waals surface area (Å²) in [4.78, 5) is 2.20. The molecule has 0 spiro atoms. The van der Waals surface area contributed by atoms with Crippen LogP contribution in [-0.4, -0.2) is 18.5 Å². The van der Waals surface area contributed by atoms with Gasteiger partial charge in [-0.05, 0) is 36.9 Å². The van der Waals surface area contributed by atoms with Gasteiger partial charge in [-0.25, -0.2) is 0 Å². The zero-order chi connectivity index (χ0) is 13.5. The molecule has 0 aliphatic heterocycles. The molecule has 0 bridgehead atoms. The number of hydrogen-bond acceptors (Lipinski definition) is 3. The molecule has 1 aromatic heterocycles. The third kappa shape index (κ3) is 4.29. The lowest BCUT2D eigenvalue weighted by atomic mass is 10.1. The second-order valence-corrected chi connectivity index (χ2v) is 4.46. The van der Waals surface area contributed by atoms with Gasteiger partial charge in [0.15, 0.2) is 0 Å². The first-order valence-corrected chi connectivity index (χ1v) is 6.27. The Kier molecular flexibility index (Phi) is 4.79. The Balaban J connectivity index is 1.98. The number of furan rings is 1. The van der Waals surface area contributed by atoms with Crippen LogP contribution >= 0.6 is 0 Å². The van der Waals surface area contributed by atoms with E-state index in [9.17, 15) is 0 Å². The van der Waals surface area contributed by atoms with E-state index in [-0.39, 0.29) is 0 Å². The molecule has 19 heavy (non-hydrogen) atoms. The minimum Gasteiger partial charge on any atom is -0.468 e. The van der Waals surface area contributed by atoms with Crippen molar-refractivity contribution >= 4 is 0 Å². The number of nitrogens with zero attached hydrogens (tertiary/aromatic N) is 1. The summed E-state index contributed by atoms with van der Waals surface area (Å²) in [6, 6.07) is 12.1. The second kappa shape index (κ2) is 6.79. The van der Waals surface area contributed by atoms with Gasteiger partial charge in [0.05, 0.1) is 19.4 Å². The van der Waals surface area contributed by atoms with E-state index in [2.05, 4.69) is 35.9 Å². The fourth-order valence-electron chi connectivity index (χ4n) is 1.94. The number of hydrogen-bond donors (Lipinski definition) is 1. The molecule has 3 nitrogen and oxygen atoms in total. The summed E-state index contributed by atoms with van der Waals surface area (Å²) in [5, 5.41) is 0. The van der Waals surface area contributed by atoms with Crippen molar-refractivity contribution in [3.63, 3.8) is 0 Å². The minimum absolute atomic E-state index is 0.391. The van der Waals surface area contributed by atoms with Crippen molar-refractivity contribution in [2.75, 3.05) is 13.6 Å². The topological polar surface area (TPSA) is 42.4 Å². The summed E-state index contributed by atoms with van der Waals surface area (Å²) in [7, 11) is 2.07. The van der Waals surface area contributed by atoms with E-state index in [1.807, 2.05) is 24.3 Å². The van der Waals surface area contributed by atoms with Crippen LogP contribution in [0.2, 0.25) is 0 Å². The Morgan fingerprint density at radius 1 is 1.21 bits per heavy atom. The molecule has 0 radical (unpaired) electrons. The van der Waals surface area contributed by atoms with Gasteiger partial charge >= 0.3 is 0 Å². The van der Waals surface area contributed by atoms with Crippen LogP contribution in [0.4, 0.5) is 0 Å². The fraction of sp³-hybridized carbons (Fsp3) is 0.250. The summed E-state index contributed by atoms with van der Waals surface area (Å²) in [6.07, 6.45) is 1.70. The number of nitrogens with two attached hydrogens (primary N) is 1. The molecule has 2 aromatic rings. The summed E-state index contributed by atoms with van der Waals surface area (Å²) in [5.74, 6) is 6.90. The van der Waals surface area contributed by atoms with E-state index in [1.54, 1.807) is 6.26 Å². The van der Waals surface area contributed by atoms with Gasteiger partial charge in [0.1, 0.15) is 5.76 Å². The maximum absolute atomic E-state index is 5.38. The van der Waals surface area contributed by atoms with E-state index < -0.39 is 0 Å². The third-order valence-corrected chi connectivity index (χ3v) is 2.72. The normalized spacial score (nSPS) is 10.3. The van der Waals surface area contributed by atoms with Crippen molar-refractivity contribution < 1.29 is 4.42 Å². The van der Waals surface area contributed by atoms with Crippen LogP contribution in [0.25, 0.3) is 0 Å². The van der Waals surface area contributed by atoms with Gasteiger partial charge < -0.3 is 10.2 Å². The summed E-state index contributed by atoms with van der Waals surface area (Å²) >= 11 is 0. The Hall–Kier alpha value is -2.02. The Labute approximate surface area is 114 Å². The largest absolute Gasteiger partial charge is 0.468 e. The van der Waals surface area contributed by atoms with Gasteiger partial charge in [-0.15, -0.1) is 0 Å². The first-order valence-electron chi connectivity index (χ1n) is 6.27. The lowest BCUT2D eigenvalue weighted by Crippen LogP contribution is -2.16. The minimum atomic E-state index is 0.391. The van der Waals surface area contributed by atoms with Crippen LogP contribution in [-0.2, 0) is 13.1 Å². The maximum Gasteiger partial charge on any atom is 0.117 e. The summed E-state index contributed by atoms with van der Waals surface area (Å²) in [6.45, 7) is 2.05. The molecule has 0 saturated carbocycles. The SMILES string of the molecule is CN(Cc1cccc(C#CCN)c1)Cc1ccco1. The molecule has 0 aliphatic rings. The summed E-state index contributed by atoms with van der Waals surface area (Å²) in [5.41, 5.74) is 7.62. The lowest BCUT2D eigenvalue weighted by molar-refractivity contribution is 0.288. The quantitative estimate of drug-likeness (QED) is 0.851. The van der Waals surface area contributed by atoms with Gasteiger partial charge in [0.25, 0.3) is 0 Å². The van der Waals surface area contributed by atoms with Crippen molar-refractivity contribution in [2.24, 2.45) is 5.73 Å². The Morgan fingerprint density at radius 2 is 2.11 bits per heavy atom. The van der Waals surface area contributed by atoms with Crippen molar-refractivity contribution in [3.05, 3.63) is 59.5 Å². The fourth-order valence-corrected chi connectivity index (χ4v) is 1.94. The number of rotatable bonds is 4. The molecule has 2 rings (SSSR count). The average molecular weight is 254 g/mol. The van der Waals surface area contributed by atoms with E-state index in [1.165, 1.54) is 5.56 Å². The van der Waals surface area contributed by atoms with Crippen molar-refractivity contribution in [3.8, 4) is 11.8 Å². The average Bonchev–Trinajstić information content (AvgIpc) is 2.89. The third-order valence-electron chi connectivity index (χ3n) is 2.72. The van der Waals surface area contributed by atoms with Crippen LogP contribution in [0.3, 0.4) is 0 Å². The zero-order valence-electron chi connectivity index (χ0n) is 11.1. The molecule has 0 saturated heterocycles. The van der Waals surface area contributed by atoms with Crippen LogP contribution in [0.5, 0.6) is 0 Å². The van der Waals surface area contributed by atoms with Crippen LogP contribution in [0.15, 0.2) is 47.1 Å². The molecule has 0 amide bonds. The summed E-state index contributed by atoms with van der Waals surface area (Å²) < 4.78 is 5.34. The Bertz CT molecular complexity index is 564. The van der Waals surface area contributed by atoms with Gasteiger partial charge in [-0.2, -0.15) is 0 Å². The smallest absolute Gasteiger partial charge is 0.117 e. The van der Waals surface area contributed by atoms with Crippen LogP contribution < -0.4 is 5.73 Å². The molecule has 1 aromatic carbocycles. The monoisotopic (exact) mass is 254 g/mol. The molecule has 98 valence electrons. The van der Waals surface area contributed by atoms with Gasteiger partial charge in [0.2, 0.25) is 0 Å². The van der Waals surface area contributed by atoms with E-state index >= 15 is 0 Å². The van der Waals surface area contributed by atoms with Crippen LogP contribution in [0, 0.1) is 11.8 Å². The first kappa shape index (κ1) is 13.4. The first-order chi connectivity index (χ1) is 9.28. The molecular formula is C16H18N2O. The highest BCUT2D eigenvalue weighted by Gasteiger charge is 2.03. The highest BCUT2D eigenvalue weighted by molar-refractivity contribution is 5.37. The molecular weight excluding hydrogens is 236 g/mol. The lowest BCUT2D eigenvalue weighted by Gasteiger charge is -2.15. The van der Waals surface area contributed by atoms with Crippen molar-refractivity contribution in [1.29, 1.82) is 0 Å². The molecule has 0 fully saturated rings. The Morgan fingerprint density at radius 3 is 2.84 bits per heavy atom. The van der Waals surface area contributed by atoms with E-state index in [0.717, 1.165) is 24.4 Å². The number of benzene rings is 1. The highest BCUT2D eigenvalue weighted by atomic mass is 16.3. The van der Waals surface area contributed by atoms with Crippen molar-refractivity contribution in [1.82, 2.24) is 4.90 Å². The zero-order valence-corrected chi connectivity index (χ0v) is 11.1. The van der Waals surface area contributed by atoms with Gasteiger partial charge in [-0.1, -0.05) is 24.0 Å². The van der Waals surface area contributed by atoms with Gasteiger partial charge in [0, 0.05) is 12.1 Å².